The zero-order valence-corrected chi connectivity index (χ0v) is 14.5. The second-order valence-electron chi connectivity index (χ2n) is 6.18. The molecule has 0 saturated carbocycles. The smallest absolute Gasteiger partial charge is 0.0751 e. The maximum absolute atomic E-state index is 3.50. The van der Waals surface area contributed by atoms with Gasteiger partial charge in [-0.05, 0) is 47.0 Å². The summed E-state index contributed by atoms with van der Waals surface area (Å²) in [6.45, 7) is 7.05. The Balaban J connectivity index is 1.88. The summed E-state index contributed by atoms with van der Waals surface area (Å²) in [6.07, 6.45) is 1.35. The van der Waals surface area contributed by atoms with Crippen LogP contribution in [0.5, 0.6) is 0 Å². The number of benzene rings is 1. The van der Waals surface area contributed by atoms with Crippen LogP contribution in [-0.4, -0.2) is 11.5 Å². The molecule has 0 atom stereocenters. The number of thioether (sulfide) groups is 2. The lowest BCUT2D eigenvalue weighted by Crippen LogP contribution is -2.20. The second kappa shape index (κ2) is 6.23. The molecule has 0 aliphatic carbocycles. The molecule has 1 heterocycles. The topological polar surface area (TPSA) is 0 Å². The van der Waals surface area contributed by atoms with E-state index in [9.17, 15) is 0 Å². The largest absolute Gasteiger partial charge is 0.142 e. The summed E-state index contributed by atoms with van der Waals surface area (Å²) < 4.78 is 1.80. The summed E-state index contributed by atoms with van der Waals surface area (Å²) in [7, 11) is 0. The van der Waals surface area contributed by atoms with Crippen molar-refractivity contribution in [2.24, 2.45) is 11.3 Å². The van der Waals surface area contributed by atoms with Crippen LogP contribution in [0.1, 0.15) is 37.3 Å². The van der Waals surface area contributed by atoms with Crippen molar-refractivity contribution in [3.63, 3.8) is 0 Å². The molecule has 0 amide bonds. The van der Waals surface area contributed by atoms with Gasteiger partial charge in [-0.2, -0.15) is 0 Å². The first-order chi connectivity index (χ1) is 8.44. The molecule has 0 bridgehead atoms. The maximum Gasteiger partial charge on any atom is 0.0751 e. The highest BCUT2D eigenvalue weighted by molar-refractivity contribution is 9.10. The highest BCUT2D eigenvalue weighted by atomic mass is 79.9. The first-order valence-corrected chi connectivity index (χ1v) is 9.32. The molecular formula is C15H21BrS2. The van der Waals surface area contributed by atoms with Gasteiger partial charge in [0, 0.05) is 4.47 Å². The lowest BCUT2D eigenvalue weighted by Gasteiger charge is -2.32. The fourth-order valence-electron chi connectivity index (χ4n) is 2.34. The first-order valence-electron chi connectivity index (χ1n) is 6.43. The van der Waals surface area contributed by atoms with Gasteiger partial charge in [0.1, 0.15) is 0 Å². The average Bonchev–Trinajstić information content (AvgIpc) is 2.29. The summed E-state index contributed by atoms with van der Waals surface area (Å²) in [6, 6.07) is 8.80. The Labute approximate surface area is 128 Å². The molecule has 100 valence electrons. The van der Waals surface area contributed by atoms with Crippen LogP contribution in [0.15, 0.2) is 28.7 Å². The Morgan fingerprint density at radius 2 is 1.67 bits per heavy atom. The lowest BCUT2D eigenvalue weighted by molar-refractivity contribution is 0.325. The van der Waals surface area contributed by atoms with E-state index in [0.29, 0.717) is 10.00 Å². The van der Waals surface area contributed by atoms with Crippen LogP contribution in [0, 0.1) is 11.3 Å². The minimum Gasteiger partial charge on any atom is -0.142 e. The van der Waals surface area contributed by atoms with E-state index in [4.69, 9.17) is 0 Å². The van der Waals surface area contributed by atoms with E-state index < -0.39 is 0 Å². The third-order valence-corrected chi connectivity index (χ3v) is 6.83. The van der Waals surface area contributed by atoms with Crippen molar-refractivity contribution in [2.45, 2.75) is 31.8 Å². The molecule has 0 nitrogen and oxygen atoms in total. The van der Waals surface area contributed by atoms with Crippen molar-refractivity contribution < 1.29 is 0 Å². The Kier molecular flexibility index (Phi) is 5.13. The van der Waals surface area contributed by atoms with Gasteiger partial charge in [0.15, 0.2) is 0 Å². The quantitative estimate of drug-likeness (QED) is 0.647. The number of rotatable bonds is 2. The van der Waals surface area contributed by atoms with Crippen molar-refractivity contribution in [3.8, 4) is 0 Å². The van der Waals surface area contributed by atoms with E-state index in [1.54, 1.807) is 0 Å². The summed E-state index contributed by atoms with van der Waals surface area (Å²) >= 11 is 7.74. The Morgan fingerprint density at radius 1 is 1.11 bits per heavy atom. The first kappa shape index (κ1) is 14.8. The molecule has 1 fully saturated rings. The standard InChI is InChI=1S/C15H21BrS2/c1-15(2,3)8-11-9-17-14(18-10-11)12-4-6-13(16)7-5-12/h4-7,11,14H,8-10H2,1-3H3. The van der Waals surface area contributed by atoms with Crippen LogP contribution in [0.2, 0.25) is 0 Å². The fourth-order valence-corrected chi connectivity index (χ4v) is 5.67. The van der Waals surface area contributed by atoms with Crippen LogP contribution in [0.3, 0.4) is 0 Å². The second-order valence-corrected chi connectivity index (χ2v) is 9.67. The summed E-state index contributed by atoms with van der Waals surface area (Å²) in [5, 5.41) is 0. The van der Waals surface area contributed by atoms with E-state index in [1.807, 2.05) is 0 Å². The Morgan fingerprint density at radius 3 is 2.17 bits per heavy atom. The minimum atomic E-state index is 0.468. The molecule has 3 heteroatoms. The van der Waals surface area contributed by atoms with Gasteiger partial charge in [0.25, 0.3) is 0 Å². The molecule has 1 aliphatic rings. The maximum atomic E-state index is 3.50. The molecule has 0 N–H and O–H groups in total. The molecule has 1 aromatic rings. The third-order valence-electron chi connectivity index (χ3n) is 3.01. The number of hydrogen-bond acceptors (Lipinski definition) is 2. The van der Waals surface area contributed by atoms with Gasteiger partial charge in [0.2, 0.25) is 0 Å². The highest BCUT2D eigenvalue weighted by Crippen LogP contribution is 2.47. The summed E-state index contributed by atoms with van der Waals surface area (Å²) in [4.78, 5) is 0. The molecular weight excluding hydrogens is 324 g/mol. The van der Waals surface area contributed by atoms with Gasteiger partial charge in [-0.25, -0.2) is 0 Å². The Bertz CT molecular complexity index is 372. The molecule has 0 unspecified atom stereocenters. The molecule has 1 aromatic carbocycles. The van der Waals surface area contributed by atoms with Gasteiger partial charge in [-0.1, -0.05) is 48.8 Å². The molecule has 0 radical (unpaired) electrons. The lowest BCUT2D eigenvalue weighted by atomic mass is 9.86. The molecule has 18 heavy (non-hydrogen) atoms. The van der Waals surface area contributed by atoms with Crippen molar-refractivity contribution in [1.82, 2.24) is 0 Å². The SMILES string of the molecule is CC(C)(C)CC1CSC(c2ccc(Br)cc2)SC1. The van der Waals surface area contributed by atoms with E-state index in [1.165, 1.54) is 28.0 Å². The van der Waals surface area contributed by atoms with Crippen molar-refractivity contribution in [1.29, 1.82) is 0 Å². The molecule has 2 rings (SSSR count). The van der Waals surface area contributed by atoms with Gasteiger partial charge < -0.3 is 0 Å². The van der Waals surface area contributed by atoms with E-state index >= 15 is 0 Å². The van der Waals surface area contributed by atoms with E-state index in [2.05, 4.69) is 84.5 Å². The number of hydrogen-bond donors (Lipinski definition) is 0. The Hall–Kier alpha value is 0.400. The molecule has 0 spiro atoms. The number of halogens is 1. The zero-order chi connectivity index (χ0) is 13.2. The zero-order valence-electron chi connectivity index (χ0n) is 11.3. The summed E-state index contributed by atoms with van der Waals surface area (Å²) in [5.74, 6) is 3.50. The van der Waals surface area contributed by atoms with Gasteiger partial charge in [-0.3, -0.25) is 0 Å². The summed E-state index contributed by atoms with van der Waals surface area (Å²) in [5.41, 5.74) is 1.93. The van der Waals surface area contributed by atoms with Crippen molar-refractivity contribution in [2.75, 3.05) is 11.5 Å². The van der Waals surface area contributed by atoms with Gasteiger partial charge in [-0.15, -0.1) is 23.5 Å². The van der Waals surface area contributed by atoms with Crippen molar-refractivity contribution >= 4 is 39.5 Å². The van der Waals surface area contributed by atoms with Crippen LogP contribution >= 0.6 is 39.5 Å². The van der Waals surface area contributed by atoms with Crippen molar-refractivity contribution in [3.05, 3.63) is 34.3 Å². The van der Waals surface area contributed by atoms with Crippen LogP contribution in [0.4, 0.5) is 0 Å². The average molecular weight is 345 g/mol. The van der Waals surface area contributed by atoms with Crippen LogP contribution < -0.4 is 0 Å². The minimum absolute atomic E-state index is 0.468. The predicted octanol–water partition coefficient (Wildman–Crippen LogP) is 5.98. The fraction of sp³-hybridized carbons (Fsp3) is 0.600. The van der Waals surface area contributed by atoms with Gasteiger partial charge in [0.05, 0.1) is 4.58 Å². The van der Waals surface area contributed by atoms with Crippen LogP contribution in [-0.2, 0) is 0 Å². The molecule has 1 saturated heterocycles. The highest BCUT2D eigenvalue weighted by Gasteiger charge is 2.26. The normalized spacial score (nSPS) is 25.1. The molecule has 0 aromatic heterocycles. The van der Waals surface area contributed by atoms with E-state index in [-0.39, 0.29) is 0 Å². The predicted molar refractivity (Wildman–Crippen MR) is 89.4 cm³/mol. The van der Waals surface area contributed by atoms with Gasteiger partial charge >= 0.3 is 0 Å². The van der Waals surface area contributed by atoms with E-state index in [0.717, 1.165) is 5.92 Å². The monoisotopic (exact) mass is 344 g/mol. The van der Waals surface area contributed by atoms with Crippen LogP contribution in [0.25, 0.3) is 0 Å². The third kappa shape index (κ3) is 4.50. The molecule has 1 aliphatic heterocycles.